The summed E-state index contributed by atoms with van der Waals surface area (Å²) in [5.41, 5.74) is 2.93. The molecular formula is C22H22Cl2N2O2. The second kappa shape index (κ2) is 8.38. The highest BCUT2D eigenvalue weighted by molar-refractivity contribution is 6.41. The van der Waals surface area contributed by atoms with Crippen molar-refractivity contribution in [3.8, 4) is 0 Å². The second-order valence-electron chi connectivity index (χ2n) is 7.04. The zero-order valence-electron chi connectivity index (χ0n) is 16.1. The van der Waals surface area contributed by atoms with Crippen molar-refractivity contribution >= 4 is 46.3 Å². The van der Waals surface area contributed by atoms with E-state index < -0.39 is 0 Å². The van der Waals surface area contributed by atoms with Crippen molar-refractivity contribution in [3.63, 3.8) is 0 Å². The van der Waals surface area contributed by atoms with Gasteiger partial charge in [0.15, 0.2) is 0 Å². The third-order valence-corrected chi connectivity index (χ3v) is 5.21. The number of benzene rings is 2. The molecule has 0 fully saturated rings. The van der Waals surface area contributed by atoms with Gasteiger partial charge in [-0.15, -0.1) is 0 Å². The minimum Gasteiger partial charge on any atom is -0.350 e. The number of carbonyl (C=O) groups is 2. The van der Waals surface area contributed by atoms with E-state index in [0.29, 0.717) is 34.5 Å². The van der Waals surface area contributed by atoms with E-state index in [1.54, 1.807) is 18.2 Å². The molecular weight excluding hydrogens is 395 g/mol. The number of hydrogen-bond acceptors (Lipinski definition) is 3. The van der Waals surface area contributed by atoms with Crippen LogP contribution in [0.1, 0.15) is 44.2 Å². The average Bonchev–Trinajstić information content (AvgIpc) is 2.87. The summed E-state index contributed by atoms with van der Waals surface area (Å²) in [6, 6.07) is 12.7. The number of carbonyl (C=O) groups excluding carboxylic acids is 2. The topological polar surface area (TPSA) is 49.4 Å². The number of amides is 2. The van der Waals surface area contributed by atoms with Crippen LogP contribution in [-0.4, -0.2) is 23.3 Å². The fourth-order valence-corrected chi connectivity index (χ4v) is 3.66. The molecule has 0 bridgehead atoms. The maximum Gasteiger partial charge on any atom is 0.278 e. The molecule has 0 radical (unpaired) electrons. The third-order valence-electron chi connectivity index (χ3n) is 4.66. The zero-order chi connectivity index (χ0) is 20.4. The Morgan fingerprint density at radius 2 is 1.68 bits per heavy atom. The second-order valence-corrected chi connectivity index (χ2v) is 7.88. The highest BCUT2D eigenvalue weighted by Gasteiger charge is 2.39. The molecule has 1 N–H and O–H groups in total. The smallest absolute Gasteiger partial charge is 0.278 e. The summed E-state index contributed by atoms with van der Waals surface area (Å²) >= 11 is 12.3. The number of rotatable bonds is 6. The third kappa shape index (κ3) is 3.94. The van der Waals surface area contributed by atoms with Crippen LogP contribution < -0.4 is 5.32 Å². The fraction of sp³-hybridized carbons (Fsp3) is 0.273. The first kappa shape index (κ1) is 20.4. The summed E-state index contributed by atoms with van der Waals surface area (Å²) < 4.78 is 0. The van der Waals surface area contributed by atoms with E-state index in [0.717, 1.165) is 5.69 Å². The number of hydrogen-bond donors (Lipinski definition) is 1. The van der Waals surface area contributed by atoms with Crippen molar-refractivity contribution in [1.82, 2.24) is 4.90 Å². The van der Waals surface area contributed by atoms with E-state index in [-0.39, 0.29) is 23.1 Å². The molecule has 4 nitrogen and oxygen atoms in total. The van der Waals surface area contributed by atoms with Crippen LogP contribution in [0, 0.1) is 0 Å². The van der Waals surface area contributed by atoms with E-state index in [1.165, 1.54) is 10.5 Å². The Hall–Kier alpha value is -2.30. The van der Waals surface area contributed by atoms with Crippen LogP contribution in [0.5, 0.6) is 0 Å². The summed E-state index contributed by atoms with van der Waals surface area (Å²) in [6.45, 7) is 6.51. The molecule has 3 rings (SSSR count). The lowest BCUT2D eigenvalue weighted by atomic mass is 10.0. The van der Waals surface area contributed by atoms with Crippen LogP contribution in [0.25, 0.3) is 5.57 Å². The number of anilines is 1. The van der Waals surface area contributed by atoms with Crippen LogP contribution >= 0.6 is 23.2 Å². The lowest BCUT2D eigenvalue weighted by Gasteiger charge is -2.14. The molecule has 0 saturated carbocycles. The Morgan fingerprint density at radius 1 is 1.00 bits per heavy atom. The number of nitrogens with zero attached hydrogens (tertiary/aromatic N) is 1. The van der Waals surface area contributed by atoms with Crippen LogP contribution in [0.2, 0.25) is 10.0 Å². The average molecular weight is 417 g/mol. The highest BCUT2D eigenvalue weighted by Crippen LogP contribution is 2.35. The van der Waals surface area contributed by atoms with Crippen LogP contribution in [-0.2, 0) is 9.59 Å². The zero-order valence-corrected chi connectivity index (χ0v) is 17.6. The van der Waals surface area contributed by atoms with Crippen molar-refractivity contribution < 1.29 is 9.59 Å². The van der Waals surface area contributed by atoms with Gasteiger partial charge in [-0.25, -0.2) is 0 Å². The minimum atomic E-state index is -0.350. The van der Waals surface area contributed by atoms with Gasteiger partial charge in [-0.1, -0.05) is 62.2 Å². The predicted molar refractivity (Wildman–Crippen MR) is 115 cm³/mol. The molecule has 1 aliphatic heterocycles. The molecule has 1 heterocycles. The molecule has 6 heteroatoms. The van der Waals surface area contributed by atoms with Gasteiger partial charge < -0.3 is 5.32 Å². The Labute approximate surface area is 175 Å². The summed E-state index contributed by atoms with van der Waals surface area (Å²) in [7, 11) is 0. The molecule has 0 aromatic heterocycles. The fourth-order valence-electron chi connectivity index (χ4n) is 3.16. The van der Waals surface area contributed by atoms with Gasteiger partial charge in [0.1, 0.15) is 5.70 Å². The Balaban J connectivity index is 2.06. The number of halogens is 2. The van der Waals surface area contributed by atoms with Crippen LogP contribution in [0.4, 0.5) is 5.69 Å². The van der Waals surface area contributed by atoms with E-state index in [2.05, 4.69) is 19.2 Å². The van der Waals surface area contributed by atoms with Crippen molar-refractivity contribution in [2.24, 2.45) is 0 Å². The maximum absolute atomic E-state index is 13.0. The quantitative estimate of drug-likeness (QED) is 0.612. The monoisotopic (exact) mass is 416 g/mol. The van der Waals surface area contributed by atoms with E-state index in [4.69, 9.17) is 23.2 Å². The van der Waals surface area contributed by atoms with Crippen LogP contribution in [0.15, 0.2) is 48.2 Å². The van der Waals surface area contributed by atoms with Crippen molar-refractivity contribution in [2.75, 3.05) is 11.9 Å². The first-order chi connectivity index (χ1) is 13.3. The van der Waals surface area contributed by atoms with Gasteiger partial charge in [0.05, 0.1) is 10.6 Å². The molecule has 1 aliphatic rings. The first-order valence-electron chi connectivity index (χ1n) is 9.26. The van der Waals surface area contributed by atoms with Gasteiger partial charge in [0.25, 0.3) is 11.8 Å². The van der Waals surface area contributed by atoms with Gasteiger partial charge in [-0.2, -0.15) is 0 Å². The molecule has 0 unspecified atom stereocenters. The standard InChI is InChI=1S/C22H22Cl2N2O2/c1-4-11-26-21(27)19(17-10-7-15(23)12-18(17)24)20(22(26)28)25-16-8-5-14(6-9-16)13(2)3/h5-10,12-13,25H,4,11H2,1-3H3. The molecule has 28 heavy (non-hydrogen) atoms. The molecule has 0 atom stereocenters. The summed E-state index contributed by atoms with van der Waals surface area (Å²) in [5.74, 6) is -0.287. The van der Waals surface area contributed by atoms with Crippen molar-refractivity contribution in [2.45, 2.75) is 33.1 Å². The molecule has 0 saturated heterocycles. The van der Waals surface area contributed by atoms with Gasteiger partial charge >= 0.3 is 0 Å². The number of nitrogens with one attached hydrogen (secondary N) is 1. The molecule has 146 valence electrons. The number of imide groups is 1. The van der Waals surface area contributed by atoms with Crippen molar-refractivity contribution in [1.29, 1.82) is 0 Å². The molecule has 2 amide bonds. The molecule has 0 aliphatic carbocycles. The van der Waals surface area contributed by atoms with Gasteiger partial charge in [0.2, 0.25) is 0 Å². The van der Waals surface area contributed by atoms with Crippen LogP contribution in [0.3, 0.4) is 0 Å². The summed E-state index contributed by atoms with van der Waals surface area (Å²) in [5, 5.41) is 3.94. The maximum atomic E-state index is 13.0. The lowest BCUT2D eigenvalue weighted by molar-refractivity contribution is -0.136. The molecule has 0 spiro atoms. The van der Waals surface area contributed by atoms with E-state index in [9.17, 15) is 9.59 Å². The predicted octanol–water partition coefficient (Wildman–Crippen LogP) is 5.72. The lowest BCUT2D eigenvalue weighted by Crippen LogP contribution is -2.33. The summed E-state index contributed by atoms with van der Waals surface area (Å²) in [6.07, 6.45) is 0.676. The highest BCUT2D eigenvalue weighted by atomic mass is 35.5. The van der Waals surface area contributed by atoms with E-state index >= 15 is 0 Å². The molecule has 2 aromatic carbocycles. The first-order valence-corrected chi connectivity index (χ1v) is 10.0. The van der Waals surface area contributed by atoms with E-state index in [1.807, 2.05) is 31.2 Å². The Bertz CT molecular complexity index is 950. The van der Waals surface area contributed by atoms with Gasteiger partial charge in [0, 0.05) is 22.8 Å². The largest absolute Gasteiger partial charge is 0.350 e. The van der Waals surface area contributed by atoms with Gasteiger partial charge in [-0.3, -0.25) is 14.5 Å². The van der Waals surface area contributed by atoms with Gasteiger partial charge in [-0.05, 0) is 42.2 Å². The minimum absolute atomic E-state index is 0.236. The SMILES string of the molecule is CCCN1C(=O)C(Nc2ccc(C(C)C)cc2)=C(c2ccc(Cl)cc2Cl)C1=O. The molecule has 2 aromatic rings. The normalized spacial score (nSPS) is 14.4. The summed E-state index contributed by atoms with van der Waals surface area (Å²) in [4.78, 5) is 27.2. The Kier molecular flexibility index (Phi) is 6.11. The Morgan fingerprint density at radius 3 is 2.25 bits per heavy atom. The van der Waals surface area contributed by atoms with Crippen molar-refractivity contribution in [3.05, 3.63) is 69.3 Å².